The first-order valence-corrected chi connectivity index (χ1v) is 25.3. The molecule has 2 aliphatic carbocycles. The molecule has 0 atom stereocenters. The molecule has 0 aromatic heterocycles. The number of carbonyl (C=O) groups excluding carboxylic acids is 10. The molecule has 0 amide bonds. The molecule has 2 fully saturated rings. The predicted molar refractivity (Wildman–Crippen MR) is 269 cm³/mol. The molecule has 20 nitrogen and oxygen atoms in total. The van der Waals surface area contributed by atoms with Gasteiger partial charge in [0.15, 0.2) is 0 Å². The smallest absolute Gasteiger partial charge is 0.330 e. The molecule has 0 radical (unpaired) electrons. The van der Waals surface area contributed by atoms with Crippen LogP contribution in [0.25, 0.3) is 0 Å². The van der Waals surface area contributed by atoms with Crippen molar-refractivity contribution >= 4 is 59.7 Å². The van der Waals surface area contributed by atoms with Crippen LogP contribution in [0.3, 0.4) is 0 Å². The van der Waals surface area contributed by atoms with E-state index in [4.69, 9.17) is 47.4 Å². The zero-order valence-corrected chi connectivity index (χ0v) is 43.5. The Kier molecular flexibility index (Phi) is 23.6. The number of aryl methyl sites for hydroxylation is 1. The summed E-state index contributed by atoms with van der Waals surface area (Å²) in [4.78, 5) is 123. The highest BCUT2D eigenvalue weighted by molar-refractivity contribution is 5.83. The summed E-state index contributed by atoms with van der Waals surface area (Å²) < 4.78 is 52.7. The van der Waals surface area contributed by atoms with Gasteiger partial charge in [-0.3, -0.25) is 38.4 Å². The van der Waals surface area contributed by atoms with Crippen LogP contribution in [0.5, 0.6) is 23.0 Å². The van der Waals surface area contributed by atoms with Gasteiger partial charge in [0.25, 0.3) is 0 Å². The number of hydrogen-bond acceptors (Lipinski definition) is 20. The standard InChI is InChI=1S/C57H64O20/c1-6-47(58)68-28-30-70-49(60)24-26-51(62)72-33-38-8-20-44(21-9-38)74-54(64)40-12-16-42(17-13-40)56(66)76-46-32-35(3)53(37(5)36(46)4)77-57(67)43-18-14-41(15-19-43)55(65)75-45-22-10-39(11-23-45)34-73-52(63)27-25-50(61)71-31-29-69-48(59)7-2/h6-11,20-23,32,40-43H,1-2,12-19,24-31,33-34H2,3-5H3. The van der Waals surface area contributed by atoms with Gasteiger partial charge in [-0.1, -0.05) is 37.4 Å². The SMILES string of the molecule is C=CC(=O)OCCOC(=O)CCC(=O)OCc1ccc(OC(=O)C2CCC(C(=O)Oc3cc(C)c(OC(=O)C4CCC(C(=O)Oc5ccc(COC(=O)CCC(=O)OCCOC(=O)C=C)cc5)CC4)c(C)c3C)CC2)cc1. The van der Waals surface area contributed by atoms with Gasteiger partial charge in [0.2, 0.25) is 0 Å². The first-order chi connectivity index (χ1) is 36.9. The molecule has 3 aromatic rings. The van der Waals surface area contributed by atoms with Crippen LogP contribution >= 0.6 is 0 Å². The van der Waals surface area contributed by atoms with Crippen molar-refractivity contribution in [2.75, 3.05) is 26.4 Å². The van der Waals surface area contributed by atoms with E-state index in [0.717, 1.165) is 12.2 Å². The fourth-order valence-corrected chi connectivity index (χ4v) is 8.23. The molecule has 5 rings (SSSR count). The van der Waals surface area contributed by atoms with Crippen molar-refractivity contribution in [1.29, 1.82) is 0 Å². The monoisotopic (exact) mass is 1070 g/mol. The molecular weight excluding hydrogens is 1000 g/mol. The lowest BCUT2D eigenvalue weighted by atomic mass is 9.82. The molecule has 0 bridgehead atoms. The first kappa shape index (κ1) is 59.7. The Morgan fingerprint density at radius 3 is 1.12 bits per heavy atom. The number of benzene rings is 3. The summed E-state index contributed by atoms with van der Waals surface area (Å²) in [6.45, 7) is 11.2. The summed E-state index contributed by atoms with van der Waals surface area (Å²) in [6, 6.07) is 14.6. The van der Waals surface area contributed by atoms with Crippen molar-refractivity contribution in [2.45, 2.75) is 111 Å². The maximum atomic E-state index is 13.4. The lowest BCUT2D eigenvalue weighted by Gasteiger charge is -2.27. The second-order valence-electron chi connectivity index (χ2n) is 18.3. The van der Waals surface area contributed by atoms with E-state index in [1.165, 1.54) is 0 Å². The highest BCUT2D eigenvalue weighted by Crippen LogP contribution is 2.38. The minimum Gasteiger partial charge on any atom is -0.462 e. The Hall–Kier alpha value is -8.16. The summed E-state index contributed by atoms with van der Waals surface area (Å²) in [6.07, 6.45) is 4.49. The third-order valence-electron chi connectivity index (χ3n) is 12.8. The Bertz CT molecular complexity index is 2620. The van der Waals surface area contributed by atoms with Gasteiger partial charge < -0.3 is 47.4 Å². The van der Waals surface area contributed by atoms with Crippen LogP contribution in [0.1, 0.15) is 105 Å². The molecule has 0 saturated heterocycles. The van der Waals surface area contributed by atoms with Crippen molar-refractivity contribution in [3.05, 3.63) is 108 Å². The topological polar surface area (TPSA) is 263 Å². The molecule has 0 heterocycles. The molecule has 2 aliphatic rings. The summed E-state index contributed by atoms with van der Waals surface area (Å²) >= 11 is 0. The van der Waals surface area contributed by atoms with Crippen LogP contribution in [0.2, 0.25) is 0 Å². The molecule has 0 unspecified atom stereocenters. The Balaban J connectivity index is 0.967. The predicted octanol–water partition coefficient (Wildman–Crippen LogP) is 7.44. The normalized spacial score (nSPS) is 16.7. The zero-order valence-electron chi connectivity index (χ0n) is 43.5. The second kappa shape index (κ2) is 30.4. The lowest BCUT2D eigenvalue weighted by Crippen LogP contribution is -2.31. The summed E-state index contributed by atoms with van der Waals surface area (Å²) in [5.74, 6) is -5.88. The van der Waals surface area contributed by atoms with Crippen LogP contribution in [0.15, 0.2) is 79.9 Å². The van der Waals surface area contributed by atoms with Gasteiger partial charge in [-0.2, -0.15) is 0 Å². The van der Waals surface area contributed by atoms with Gasteiger partial charge in [-0.05, 0) is 130 Å². The minimum absolute atomic E-state index is 0.0655. The first-order valence-electron chi connectivity index (χ1n) is 25.3. The fraction of sp³-hybridized carbons (Fsp3) is 0.439. The summed E-state index contributed by atoms with van der Waals surface area (Å²) in [5.41, 5.74) is 3.13. The zero-order chi connectivity index (χ0) is 55.9. The van der Waals surface area contributed by atoms with Crippen molar-refractivity contribution in [3.8, 4) is 23.0 Å². The maximum absolute atomic E-state index is 13.4. The van der Waals surface area contributed by atoms with Gasteiger partial charge in [0.05, 0.1) is 49.4 Å². The van der Waals surface area contributed by atoms with E-state index in [2.05, 4.69) is 13.2 Å². The van der Waals surface area contributed by atoms with Gasteiger partial charge in [0, 0.05) is 12.2 Å². The Morgan fingerprint density at radius 2 is 0.753 bits per heavy atom. The van der Waals surface area contributed by atoms with E-state index in [1.54, 1.807) is 75.4 Å². The lowest BCUT2D eigenvalue weighted by molar-refractivity contribution is -0.153. The third-order valence-corrected chi connectivity index (χ3v) is 12.8. The van der Waals surface area contributed by atoms with Crippen molar-refractivity contribution in [2.24, 2.45) is 23.7 Å². The number of rotatable bonds is 26. The van der Waals surface area contributed by atoms with Gasteiger partial charge >= 0.3 is 59.7 Å². The van der Waals surface area contributed by atoms with E-state index < -0.39 is 83.4 Å². The number of esters is 10. The van der Waals surface area contributed by atoms with E-state index in [0.29, 0.717) is 102 Å². The van der Waals surface area contributed by atoms with Crippen LogP contribution in [-0.2, 0) is 89.6 Å². The van der Waals surface area contributed by atoms with Gasteiger partial charge in [0.1, 0.15) is 62.6 Å². The molecular formula is C57H64O20. The molecule has 3 aromatic carbocycles. The third kappa shape index (κ3) is 19.8. The minimum atomic E-state index is -0.644. The van der Waals surface area contributed by atoms with Crippen LogP contribution in [0, 0.1) is 44.4 Å². The highest BCUT2D eigenvalue weighted by atomic mass is 16.6. The average molecular weight is 1070 g/mol. The maximum Gasteiger partial charge on any atom is 0.330 e. The van der Waals surface area contributed by atoms with Gasteiger partial charge in [-0.15, -0.1) is 0 Å². The summed E-state index contributed by atoms with van der Waals surface area (Å²) in [5, 5.41) is 0. The second-order valence-corrected chi connectivity index (χ2v) is 18.3. The van der Waals surface area contributed by atoms with E-state index >= 15 is 0 Å². The van der Waals surface area contributed by atoms with E-state index in [9.17, 15) is 47.9 Å². The molecule has 412 valence electrons. The summed E-state index contributed by atoms with van der Waals surface area (Å²) in [7, 11) is 0. The molecule has 77 heavy (non-hydrogen) atoms. The fourth-order valence-electron chi connectivity index (χ4n) is 8.23. The van der Waals surface area contributed by atoms with Crippen LogP contribution < -0.4 is 18.9 Å². The Labute approximate surface area is 445 Å². The van der Waals surface area contributed by atoms with Crippen molar-refractivity contribution < 1.29 is 95.3 Å². The van der Waals surface area contributed by atoms with Crippen molar-refractivity contribution in [1.82, 2.24) is 0 Å². The van der Waals surface area contributed by atoms with E-state index in [1.807, 2.05) is 0 Å². The van der Waals surface area contributed by atoms with E-state index in [-0.39, 0.29) is 65.3 Å². The Morgan fingerprint density at radius 1 is 0.429 bits per heavy atom. The molecule has 0 aliphatic heterocycles. The number of hydrogen-bond donors (Lipinski definition) is 0. The van der Waals surface area contributed by atoms with Crippen LogP contribution in [0.4, 0.5) is 0 Å². The van der Waals surface area contributed by atoms with Gasteiger partial charge in [-0.25, -0.2) is 9.59 Å². The van der Waals surface area contributed by atoms with Crippen molar-refractivity contribution in [3.63, 3.8) is 0 Å². The molecule has 2 saturated carbocycles. The largest absolute Gasteiger partial charge is 0.462 e. The number of ether oxygens (including phenoxy) is 10. The van der Waals surface area contributed by atoms with Crippen LogP contribution in [-0.4, -0.2) is 86.1 Å². The quantitative estimate of drug-likeness (QED) is 0.0248. The number of carbonyl (C=O) groups is 10. The average Bonchev–Trinajstić information content (AvgIpc) is 3.44. The molecule has 0 spiro atoms. The molecule has 20 heteroatoms. The molecule has 0 N–H and O–H groups in total. The highest BCUT2D eigenvalue weighted by Gasteiger charge is 2.35.